The lowest BCUT2D eigenvalue weighted by molar-refractivity contribution is -0.122. The van der Waals surface area contributed by atoms with Gasteiger partial charge in [0.05, 0.1) is 6.04 Å². The van der Waals surface area contributed by atoms with E-state index >= 15 is 0 Å². The van der Waals surface area contributed by atoms with Gasteiger partial charge in [-0.2, -0.15) is 0 Å². The second-order valence-corrected chi connectivity index (χ2v) is 6.30. The lowest BCUT2D eigenvalue weighted by Crippen LogP contribution is -2.40. The van der Waals surface area contributed by atoms with E-state index < -0.39 is 6.04 Å². The third-order valence-corrected chi connectivity index (χ3v) is 4.68. The Labute approximate surface area is 143 Å². The number of nitrogens with zero attached hydrogens (tertiary/aromatic N) is 1. The van der Waals surface area contributed by atoms with Crippen LogP contribution in [0.1, 0.15) is 36.1 Å². The Kier molecular flexibility index (Phi) is 5.62. The van der Waals surface area contributed by atoms with Crippen molar-refractivity contribution in [3.05, 3.63) is 71.8 Å². The first-order valence-corrected chi connectivity index (χ1v) is 8.63. The summed E-state index contributed by atoms with van der Waals surface area (Å²) in [6.07, 6.45) is 2.45. The van der Waals surface area contributed by atoms with Crippen LogP contribution in [0.5, 0.6) is 0 Å². The molecule has 2 aromatic rings. The van der Waals surface area contributed by atoms with Gasteiger partial charge in [0.2, 0.25) is 5.91 Å². The van der Waals surface area contributed by atoms with Crippen LogP contribution >= 0.6 is 0 Å². The molecule has 0 radical (unpaired) electrons. The van der Waals surface area contributed by atoms with Gasteiger partial charge in [-0.3, -0.25) is 9.69 Å². The smallest absolute Gasteiger partial charge is 0.241 e. The highest BCUT2D eigenvalue weighted by molar-refractivity contribution is 5.82. The summed E-state index contributed by atoms with van der Waals surface area (Å²) in [6.45, 7) is 2.75. The maximum atomic E-state index is 12.4. The van der Waals surface area contributed by atoms with Crippen molar-refractivity contribution in [3.8, 4) is 0 Å². The zero-order valence-corrected chi connectivity index (χ0v) is 13.9. The monoisotopic (exact) mass is 323 g/mol. The summed E-state index contributed by atoms with van der Waals surface area (Å²) in [5.41, 5.74) is 8.17. The quantitative estimate of drug-likeness (QED) is 0.859. The number of nitrogens with two attached hydrogens (primary N) is 1. The Morgan fingerprint density at radius 1 is 0.958 bits per heavy atom. The lowest BCUT2D eigenvalue weighted by atomic mass is 10.0. The van der Waals surface area contributed by atoms with Crippen molar-refractivity contribution in [2.75, 3.05) is 19.6 Å². The molecular formula is C20H25N3O. The van der Waals surface area contributed by atoms with Crippen molar-refractivity contribution in [1.82, 2.24) is 10.2 Å². The molecule has 2 atom stereocenters. The number of carbonyl (C=O) groups excluding carboxylic acids is 1. The number of likely N-dealkylation sites (tertiary alicyclic amines) is 1. The van der Waals surface area contributed by atoms with E-state index in [4.69, 9.17) is 5.73 Å². The highest BCUT2D eigenvalue weighted by Crippen LogP contribution is 2.24. The molecule has 2 unspecified atom stereocenters. The number of hydrogen-bond acceptors (Lipinski definition) is 3. The molecule has 24 heavy (non-hydrogen) atoms. The molecule has 0 bridgehead atoms. The Hall–Kier alpha value is -2.17. The van der Waals surface area contributed by atoms with Gasteiger partial charge in [-0.1, -0.05) is 60.7 Å². The summed E-state index contributed by atoms with van der Waals surface area (Å²) in [4.78, 5) is 14.9. The second-order valence-electron chi connectivity index (χ2n) is 6.30. The number of nitrogens with one attached hydrogen (secondary N) is 1. The van der Waals surface area contributed by atoms with Crippen LogP contribution in [0.15, 0.2) is 60.7 Å². The van der Waals surface area contributed by atoms with Gasteiger partial charge in [0, 0.05) is 6.54 Å². The standard InChI is InChI=1S/C20H25N3O/c21-19(17-11-5-2-6-12-17)20(24)22-15-18(23-13-7-8-14-23)16-9-3-1-4-10-16/h1-6,9-12,18-19H,7-8,13-15,21H2,(H,22,24). The van der Waals surface area contributed by atoms with Gasteiger partial charge in [0.1, 0.15) is 6.04 Å². The van der Waals surface area contributed by atoms with Crippen molar-refractivity contribution in [1.29, 1.82) is 0 Å². The molecule has 1 amide bonds. The second kappa shape index (κ2) is 8.08. The summed E-state index contributed by atoms with van der Waals surface area (Å²) in [7, 11) is 0. The fourth-order valence-electron chi connectivity index (χ4n) is 3.31. The van der Waals surface area contributed by atoms with Crippen LogP contribution in [0.3, 0.4) is 0 Å². The maximum Gasteiger partial charge on any atom is 0.241 e. The highest BCUT2D eigenvalue weighted by atomic mass is 16.2. The molecule has 0 aromatic heterocycles. The van der Waals surface area contributed by atoms with Gasteiger partial charge in [-0.15, -0.1) is 0 Å². The van der Waals surface area contributed by atoms with Gasteiger partial charge in [-0.05, 0) is 37.1 Å². The molecular weight excluding hydrogens is 298 g/mol. The third-order valence-electron chi connectivity index (χ3n) is 4.68. The largest absolute Gasteiger partial charge is 0.353 e. The molecule has 2 aromatic carbocycles. The lowest BCUT2D eigenvalue weighted by Gasteiger charge is -2.28. The molecule has 126 valence electrons. The molecule has 3 rings (SSSR count). The number of benzene rings is 2. The van der Waals surface area contributed by atoms with Crippen LogP contribution in [0, 0.1) is 0 Å². The number of rotatable bonds is 6. The maximum absolute atomic E-state index is 12.4. The molecule has 0 spiro atoms. The van der Waals surface area contributed by atoms with Gasteiger partial charge in [0.25, 0.3) is 0 Å². The Bertz CT molecular complexity index is 638. The molecule has 4 nitrogen and oxygen atoms in total. The fraction of sp³-hybridized carbons (Fsp3) is 0.350. The Morgan fingerprint density at radius 2 is 1.50 bits per heavy atom. The molecule has 4 heteroatoms. The van der Waals surface area contributed by atoms with Crippen molar-refractivity contribution in [3.63, 3.8) is 0 Å². The summed E-state index contributed by atoms with van der Waals surface area (Å²) in [5, 5.41) is 3.05. The normalized spacial score (nSPS) is 17.4. The van der Waals surface area contributed by atoms with Crippen molar-refractivity contribution >= 4 is 5.91 Å². The van der Waals surface area contributed by atoms with E-state index in [2.05, 4.69) is 34.5 Å². The molecule has 1 aliphatic heterocycles. The van der Waals surface area contributed by atoms with Crippen LogP contribution in [-0.4, -0.2) is 30.4 Å². The average molecular weight is 323 g/mol. The van der Waals surface area contributed by atoms with Crippen molar-refractivity contribution in [2.45, 2.75) is 24.9 Å². The van der Waals surface area contributed by atoms with Gasteiger partial charge < -0.3 is 11.1 Å². The zero-order chi connectivity index (χ0) is 16.8. The minimum absolute atomic E-state index is 0.124. The summed E-state index contributed by atoms with van der Waals surface area (Å²) in [5.74, 6) is -0.124. The predicted octanol–water partition coefficient (Wildman–Crippen LogP) is 2.64. The van der Waals surface area contributed by atoms with Crippen LogP contribution in [0.2, 0.25) is 0 Å². The first-order chi connectivity index (χ1) is 11.8. The zero-order valence-electron chi connectivity index (χ0n) is 13.9. The molecule has 0 aliphatic carbocycles. The van der Waals surface area contributed by atoms with Crippen molar-refractivity contribution < 1.29 is 4.79 Å². The van der Waals surface area contributed by atoms with Crippen LogP contribution < -0.4 is 11.1 Å². The molecule has 1 aliphatic rings. The highest BCUT2D eigenvalue weighted by Gasteiger charge is 2.25. The molecule has 3 N–H and O–H groups in total. The first-order valence-electron chi connectivity index (χ1n) is 8.63. The minimum atomic E-state index is -0.624. The van der Waals surface area contributed by atoms with E-state index in [1.54, 1.807) is 0 Å². The summed E-state index contributed by atoms with van der Waals surface area (Å²) in [6, 6.07) is 19.5. The van der Waals surface area contributed by atoms with E-state index in [1.165, 1.54) is 18.4 Å². The summed E-state index contributed by atoms with van der Waals surface area (Å²) < 4.78 is 0. The molecule has 1 heterocycles. The first kappa shape index (κ1) is 16.7. The molecule has 1 fully saturated rings. The summed E-state index contributed by atoms with van der Waals surface area (Å²) >= 11 is 0. The van der Waals surface area contributed by atoms with E-state index in [9.17, 15) is 4.79 Å². The Balaban J connectivity index is 1.66. The number of hydrogen-bond donors (Lipinski definition) is 2. The van der Waals surface area contributed by atoms with E-state index in [0.717, 1.165) is 18.7 Å². The van der Waals surface area contributed by atoms with Gasteiger partial charge in [-0.25, -0.2) is 0 Å². The fourth-order valence-corrected chi connectivity index (χ4v) is 3.31. The van der Waals surface area contributed by atoms with Crippen molar-refractivity contribution in [2.24, 2.45) is 5.73 Å². The minimum Gasteiger partial charge on any atom is -0.353 e. The topological polar surface area (TPSA) is 58.4 Å². The average Bonchev–Trinajstić information content (AvgIpc) is 3.17. The van der Waals surface area contributed by atoms with Gasteiger partial charge in [0.15, 0.2) is 0 Å². The van der Waals surface area contributed by atoms with Gasteiger partial charge >= 0.3 is 0 Å². The van der Waals surface area contributed by atoms with E-state index in [-0.39, 0.29) is 11.9 Å². The van der Waals surface area contributed by atoms with Crippen LogP contribution in [0.4, 0.5) is 0 Å². The van der Waals surface area contributed by atoms with E-state index in [0.29, 0.717) is 6.54 Å². The SMILES string of the molecule is NC(C(=O)NCC(c1ccccc1)N1CCCC1)c1ccccc1. The number of carbonyl (C=O) groups is 1. The molecule has 0 saturated carbocycles. The number of amides is 1. The molecule has 1 saturated heterocycles. The van der Waals surface area contributed by atoms with Crippen LogP contribution in [-0.2, 0) is 4.79 Å². The van der Waals surface area contributed by atoms with E-state index in [1.807, 2.05) is 36.4 Å². The third kappa shape index (κ3) is 4.02. The Morgan fingerprint density at radius 3 is 2.08 bits per heavy atom. The van der Waals surface area contributed by atoms with Crippen LogP contribution in [0.25, 0.3) is 0 Å². The predicted molar refractivity (Wildman–Crippen MR) is 96.4 cm³/mol.